The van der Waals surface area contributed by atoms with Gasteiger partial charge in [0.15, 0.2) is 11.5 Å². The standard InChI is InChI=1S/C16H19NO2/c1-10-7-14-13-9-16(19-4)15(18-3)8-12(13)5-6-17(14)11(10)2/h7-9H,5-6H2,1-4H3. The molecule has 3 heteroatoms. The fourth-order valence-corrected chi connectivity index (χ4v) is 2.89. The van der Waals surface area contributed by atoms with E-state index in [-0.39, 0.29) is 0 Å². The van der Waals surface area contributed by atoms with Crippen LogP contribution in [0.4, 0.5) is 0 Å². The van der Waals surface area contributed by atoms with Crippen LogP contribution in [0.5, 0.6) is 11.5 Å². The summed E-state index contributed by atoms with van der Waals surface area (Å²) in [7, 11) is 3.37. The Labute approximate surface area is 113 Å². The first-order chi connectivity index (χ1) is 9.15. The van der Waals surface area contributed by atoms with Gasteiger partial charge in [-0.15, -0.1) is 0 Å². The largest absolute Gasteiger partial charge is 0.493 e. The van der Waals surface area contributed by atoms with Crippen molar-refractivity contribution in [2.24, 2.45) is 0 Å². The summed E-state index contributed by atoms with van der Waals surface area (Å²) < 4.78 is 13.2. The maximum absolute atomic E-state index is 5.42. The predicted octanol–water partition coefficient (Wildman–Crippen LogP) is 3.35. The van der Waals surface area contributed by atoms with Gasteiger partial charge in [0, 0.05) is 23.5 Å². The third-order valence-corrected chi connectivity index (χ3v) is 4.11. The molecular weight excluding hydrogens is 238 g/mol. The highest BCUT2D eigenvalue weighted by molar-refractivity contribution is 5.71. The van der Waals surface area contributed by atoms with Gasteiger partial charge in [-0.05, 0) is 49.6 Å². The van der Waals surface area contributed by atoms with Gasteiger partial charge in [0.2, 0.25) is 0 Å². The lowest BCUT2D eigenvalue weighted by Gasteiger charge is -2.22. The number of ether oxygens (including phenoxy) is 2. The minimum atomic E-state index is 0.797. The van der Waals surface area contributed by atoms with E-state index in [0.29, 0.717) is 0 Å². The number of rotatable bonds is 2. The van der Waals surface area contributed by atoms with E-state index in [1.165, 1.54) is 28.1 Å². The minimum Gasteiger partial charge on any atom is -0.493 e. The molecule has 0 amide bonds. The second kappa shape index (κ2) is 4.34. The third kappa shape index (κ3) is 1.72. The number of fused-ring (bicyclic) bond motifs is 3. The van der Waals surface area contributed by atoms with Crippen LogP contribution >= 0.6 is 0 Å². The van der Waals surface area contributed by atoms with Crippen LogP contribution in [-0.2, 0) is 13.0 Å². The molecule has 0 radical (unpaired) electrons. The highest BCUT2D eigenvalue weighted by Gasteiger charge is 2.21. The van der Waals surface area contributed by atoms with Crippen molar-refractivity contribution in [3.05, 3.63) is 35.0 Å². The molecule has 1 aliphatic heterocycles. The monoisotopic (exact) mass is 257 g/mol. The lowest BCUT2D eigenvalue weighted by atomic mass is 9.97. The second-order valence-corrected chi connectivity index (χ2v) is 5.06. The summed E-state index contributed by atoms with van der Waals surface area (Å²) in [6, 6.07) is 6.46. The Morgan fingerprint density at radius 1 is 1.00 bits per heavy atom. The van der Waals surface area contributed by atoms with Crippen molar-refractivity contribution in [3.8, 4) is 22.8 Å². The molecule has 1 aliphatic rings. The van der Waals surface area contributed by atoms with Gasteiger partial charge in [-0.3, -0.25) is 0 Å². The van der Waals surface area contributed by atoms with Crippen molar-refractivity contribution in [1.29, 1.82) is 0 Å². The molecule has 100 valence electrons. The molecule has 0 spiro atoms. The van der Waals surface area contributed by atoms with E-state index >= 15 is 0 Å². The maximum Gasteiger partial charge on any atom is 0.161 e. The average Bonchev–Trinajstić information content (AvgIpc) is 2.73. The van der Waals surface area contributed by atoms with Crippen LogP contribution in [0.25, 0.3) is 11.3 Å². The first-order valence-electron chi connectivity index (χ1n) is 6.57. The summed E-state index contributed by atoms with van der Waals surface area (Å²) in [4.78, 5) is 0. The fraction of sp³-hybridized carbons (Fsp3) is 0.375. The van der Waals surface area contributed by atoms with E-state index in [4.69, 9.17) is 9.47 Å². The van der Waals surface area contributed by atoms with Gasteiger partial charge in [0.25, 0.3) is 0 Å². The van der Waals surface area contributed by atoms with Crippen LogP contribution in [0.3, 0.4) is 0 Å². The molecule has 0 atom stereocenters. The second-order valence-electron chi connectivity index (χ2n) is 5.06. The van der Waals surface area contributed by atoms with Crippen LogP contribution in [-0.4, -0.2) is 18.8 Å². The number of nitrogens with zero attached hydrogens (tertiary/aromatic N) is 1. The third-order valence-electron chi connectivity index (χ3n) is 4.11. The topological polar surface area (TPSA) is 23.4 Å². The van der Waals surface area contributed by atoms with Gasteiger partial charge in [-0.2, -0.15) is 0 Å². The summed E-state index contributed by atoms with van der Waals surface area (Å²) in [5.74, 6) is 1.61. The molecule has 3 nitrogen and oxygen atoms in total. The zero-order valence-corrected chi connectivity index (χ0v) is 11.9. The number of aromatic nitrogens is 1. The minimum absolute atomic E-state index is 0.797. The van der Waals surface area contributed by atoms with Crippen molar-refractivity contribution in [1.82, 2.24) is 4.57 Å². The van der Waals surface area contributed by atoms with Gasteiger partial charge in [0.05, 0.1) is 14.2 Å². The van der Waals surface area contributed by atoms with E-state index in [1.807, 2.05) is 0 Å². The van der Waals surface area contributed by atoms with Crippen LogP contribution in [0.15, 0.2) is 18.2 Å². The van der Waals surface area contributed by atoms with Crippen molar-refractivity contribution in [2.45, 2.75) is 26.8 Å². The summed E-state index contributed by atoms with van der Waals surface area (Å²) in [6.45, 7) is 5.39. The normalized spacial score (nSPS) is 12.8. The molecule has 2 heterocycles. The lowest BCUT2D eigenvalue weighted by molar-refractivity contribution is 0.354. The molecule has 0 unspecified atom stereocenters. The summed E-state index contributed by atoms with van der Waals surface area (Å²) in [5, 5.41) is 0. The van der Waals surface area contributed by atoms with E-state index in [2.05, 4.69) is 36.6 Å². The molecule has 0 fully saturated rings. The van der Waals surface area contributed by atoms with Gasteiger partial charge in [-0.1, -0.05) is 0 Å². The predicted molar refractivity (Wildman–Crippen MR) is 76.2 cm³/mol. The molecule has 0 N–H and O–H groups in total. The quantitative estimate of drug-likeness (QED) is 0.823. The number of hydrogen-bond donors (Lipinski definition) is 0. The van der Waals surface area contributed by atoms with Crippen molar-refractivity contribution < 1.29 is 9.47 Å². The summed E-state index contributed by atoms with van der Waals surface area (Å²) in [5.41, 5.74) is 6.59. The SMILES string of the molecule is COc1cc2c(cc1OC)-c1cc(C)c(C)n1CC2. The Kier molecular flexibility index (Phi) is 2.77. The van der Waals surface area contributed by atoms with E-state index in [1.54, 1.807) is 14.2 Å². The smallest absolute Gasteiger partial charge is 0.161 e. The molecule has 0 aliphatic carbocycles. The first-order valence-corrected chi connectivity index (χ1v) is 6.57. The fourth-order valence-electron chi connectivity index (χ4n) is 2.89. The number of benzene rings is 1. The molecule has 0 saturated carbocycles. The Hall–Kier alpha value is -1.90. The molecule has 3 rings (SSSR count). The molecular formula is C16H19NO2. The summed E-state index contributed by atoms with van der Waals surface area (Å²) >= 11 is 0. The number of aryl methyl sites for hydroxylation is 2. The zero-order valence-electron chi connectivity index (χ0n) is 11.9. The van der Waals surface area contributed by atoms with Crippen LogP contribution < -0.4 is 9.47 Å². The average molecular weight is 257 g/mol. The highest BCUT2D eigenvalue weighted by atomic mass is 16.5. The van der Waals surface area contributed by atoms with Gasteiger partial charge < -0.3 is 14.0 Å². The van der Waals surface area contributed by atoms with Gasteiger partial charge in [-0.25, -0.2) is 0 Å². The lowest BCUT2D eigenvalue weighted by Crippen LogP contribution is -2.12. The van der Waals surface area contributed by atoms with Crippen LogP contribution in [0.2, 0.25) is 0 Å². The molecule has 19 heavy (non-hydrogen) atoms. The van der Waals surface area contributed by atoms with E-state index in [0.717, 1.165) is 24.5 Å². The van der Waals surface area contributed by atoms with Gasteiger partial charge in [0.1, 0.15) is 0 Å². The Balaban J connectivity index is 2.23. The summed E-state index contributed by atoms with van der Waals surface area (Å²) in [6.07, 6.45) is 1.04. The molecule has 0 bridgehead atoms. The Bertz CT molecular complexity index is 641. The van der Waals surface area contributed by atoms with Crippen molar-refractivity contribution in [2.75, 3.05) is 14.2 Å². The Morgan fingerprint density at radius 2 is 1.68 bits per heavy atom. The maximum atomic E-state index is 5.42. The molecule has 2 aromatic rings. The van der Waals surface area contributed by atoms with E-state index < -0.39 is 0 Å². The first kappa shape index (κ1) is 12.2. The number of hydrogen-bond acceptors (Lipinski definition) is 2. The molecule has 1 aromatic heterocycles. The Morgan fingerprint density at radius 3 is 2.37 bits per heavy atom. The van der Waals surface area contributed by atoms with Gasteiger partial charge >= 0.3 is 0 Å². The molecule has 0 saturated heterocycles. The number of methoxy groups -OCH3 is 2. The highest BCUT2D eigenvalue weighted by Crippen LogP contribution is 2.39. The van der Waals surface area contributed by atoms with Crippen molar-refractivity contribution >= 4 is 0 Å². The zero-order chi connectivity index (χ0) is 13.6. The van der Waals surface area contributed by atoms with Crippen LogP contribution in [0.1, 0.15) is 16.8 Å². The molecule has 1 aromatic carbocycles. The van der Waals surface area contributed by atoms with Crippen molar-refractivity contribution in [3.63, 3.8) is 0 Å². The van der Waals surface area contributed by atoms with Crippen LogP contribution in [0, 0.1) is 13.8 Å². The van der Waals surface area contributed by atoms with E-state index in [9.17, 15) is 0 Å².